The van der Waals surface area contributed by atoms with Crippen LogP contribution in [0.15, 0.2) is 67.3 Å². The van der Waals surface area contributed by atoms with Gasteiger partial charge in [0, 0.05) is 18.3 Å². The molecule has 2 atom stereocenters. The highest BCUT2D eigenvalue weighted by Gasteiger charge is 2.39. The summed E-state index contributed by atoms with van der Waals surface area (Å²) in [5.41, 5.74) is 4.38. The molecule has 4 aromatic rings. The standard InChI is InChI=1S/C32H30F2N6O3/c1-4-32(33,34)25-15-40(2)29(38-25)20-7-5-18(6-8-20)16-42-30-24(43-23-12-21-11-22(21)13-23)14-35-28(39-30)26-27(19-9-10-19)36-17-37-31(26)41-3/h4-8,11,14-15,17,19,21,23H,1,9-10,12-13,16H2,2-3H3/p+1. The van der Waals surface area contributed by atoms with Crippen LogP contribution in [-0.2, 0) is 19.6 Å². The van der Waals surface area contributed by atoms with Crippen molar-refractivity contribution in [3.63, 3.8) is 0 Å². The molecule has 3 heterocycles. The Bertz CT molecular complexity index is 1730. The number of aryl methyl sites for hydroxylation is 1. The van der Waals surface area contributed by atoms with Crippen molar-refractivity contribution in [1.29, 1.82) is 0 Å². The van der Waals surface area contributed by atoms with Crippen molar-refractivity contribution in [2.24, 2.45) is 13.0 Å². The van der Waals surface area contributed by atoms with Gasteiger partial charge in [0.1, 0.15) is 30.8 Å². The first-order valence-corrected chi connectivity index (χ1v) is 14.3. The number of aromatic nitrogens is 6. The van der Waals surface area contributed by atoms with Gasteiger partial charge < -0.3 is 14.2 Å². The molecule has 9 nitrogen and oxygen atoms in total. The Labute approximate surface area is 247 Å². The molecule has 0 bridgehead atoms. The van der Waals surface area contributed by atoms with Crippen LogP contribution in [0, 0.1) is 5.92 Å². The van der Waals surface area contributed by atoms with E-state index < -0.39 is 5.92 Å². The minimum atomic E-state index is -3.15. The van der Waals surface area contributed by atoms with Gasteiger partial charge in [0.15, 0.2) is 11.6 Å². The summed E-state index contributed by atoms with van der Waals surface area (Å²) in [4.78, 5) is 21.1. The SMILES string of the molecule is C=CC(F)(F)c1c[n+](C)c(-c2ccc(COc3nc(-c4c(OC)ncnc4C4CC4)ncc3OC3CC4=CC4C3)cc2)[nH]1. The maximum absolute atomic E-state index is 14.1. The van der Waals surface area contributed by atoms with E-state index in [2.05, 4.69) is 32.6 Å². The zero-order chi connectivity index (χ0) is 29.7. The fourth-order valence-electron chi connectivity index (χ4n) is 5.59. The van der Waals surface area contributed by atoms with Crippen LogP contribution >= 0.6 is 0 Å². The molecule has 0 saturated heterocycles. The molecule has 1 N–H and O–H groups in total. The van der Waals surface area contributed by atoms with E-state index in [1.807, 2.05) is 24.3 Å². The number of rotatable bonds is 11. The van der Waals surface area contributed by atoms with Gasteiger partial charge in [-0.25, -0.2) is 24.5 Å². The quantitative estimate of drug-likeness (QED) is 0.181. The summed E-state index contributed by atoms with van der Waals surface area (Å²) in [5.74, 6) is -0.0787. The monoisotopic (exact) mass is 585 g/mol. The first-order valence-electron chi connectivity index (χ1n) is 14.3. The van der Waals surface area contributed by atoms with Crippen molar-refractivity contribution in [2.75, 3.05) is 7.11 Å². The van der Waals surface area contributed by atoms with E-state index >= 15 is 0 Å². The molecule has 220 valence electrons. The molecular formula is C32H31F2N6O3+. The lowest BCUT2D eigenvalue weighted by Crippen LogP contribution is -2.27. The third-order valence-corrected chi connectivity index (χ3v) is 8.15. The molecule has 0 radical (unpaired) electrons. The number of aromatic amines is 1. The molecule has 2 unspecified atom stereocenters. The smallest absolute Gasteiger partial charge is 0.329 e. The highest BCUT2D eigenvalue weighted by atomic mass is 19.3. The number of benzene rings is 1. The van der Waals surface area contributed by atoms with E-state index in [9.17, 15) is 8.78 Å². The van der Waals surface area contributed by atoms with E-state index in [1.54, 1.807) is 24.9 Å². The second-order valence-corrected chi connectivity index (χ2v) is 11.2. The molecule has 0 spiro atoms. The molecular weight excluding hydrogens is 554 g/mol. The van der Waals surface area contributed by atoms with Crippen molar-refractivity contribution in [1.82, 2.24) is 24.9 Å². The molecule has 3 aliphatic carbocycles. The first-order chi connectivity index (χ1) is 20.8. The molecule has 43 heavy (non-hydrogen) atoms. The van der Waals surface area contributed by atoms with Crippen LogP contribution < -0.4 is 18.8 Å². The number of nitrogens with one attached hydrogen (secondary N) is 1. The maximum Gasteiger partial charge on any atom is 0.329 e. The van der Waals surface area contributed by atoms with Gasteiger partial charge in [-0.3, -0.25) is 0 Å². The van der Waals surface area contributed by atoms with Crippen LogP contribution in [0.4, 0.5) is 8.78 Å². The number of methoxy groups -OCH3 is 1. The van der Waals surface area contributed by atoms with E-state index in [0.29, 0.717) is 52.6 Å². The lowest BCUT2D eigenvalue weighted by atomic mass is 10.1. The first kappa shape index (κ1) is 27.2. The molecule has 0 amide bonds. The number of hydrogen-bond donors (Lipinski definition) is 1. The molecule has 3 aromatic heterocycles. The van der Waals surface area contributed by atoms with Crippen LogP contribution in [0.1, 0.15) is 48.6 Å². The lowest BCUT2D eigenvalue weighted by molar-refractivity contribution is -0.659. The topological polar surface area (TPSA) is 98.9 Å². The van der Waals surface area contributed by atoms with Gasteiger partial charge in [0.25, 0.3) is 11.7 Å². The average Bonchev–Trinajstić information content (AvgIpc) is 3.93. The summed E-state index contributed by atoms with van der Waals surface area (Å²) in [7, 11) is 3.28. The molecule has 11 heteroatoms. The van der Waals surface area contributed by atoms with Gasteiger partial charge in [-0.1, -0.05) is 30.4 Å². The highest BCUT2D eigenvalue weighted by Crippen LogP contribution is 2.47. The number of allylic oxidation sites excluding steroid dienone is 2. The van der Waals surface area contributed by atoms with E-state index in [0.717, 1.165) is 42.5 Å². The normalized spacial score (nSPS) is 19.0. The van der Waals surface area contributed by atoms with Gasteiger partial charge in [-0.05, 0) is 43.0 Å². The van der Waals surface area contributed by atoms with Gasteiger partial charge in [-0.2, -0.15) is 13.8 Å². The largest absolute Gasteiger partial charge is 0.483 e. The van der Waals surface area contributed by atoms with Gasteiger partial charge in [-0.15, -0.1) is 0 Å². The van der Waals surface area contributed by atoms with Crippen LogP contribution in [-0.4, -0.2) is 38.1 Å². The molecule has 7 rings (SSSR count). The third-order valence-electron chi connectivity index (χ3n) is 8.15. The molecule has 0 aliphatic heterocycles. The Kier molecular flexibility index (Phi) is 6.67. The summed E-state index contributed by atoms with van der Waals surface area (Å²) in [6.07, 6.45) is 11.4. The van der Waals surface area contributed by atoms with Crippen LogP contribution in [0.3, 0.4) is 0 Å². The van der Waals surface area contributed by atoms with Crippen molar-refractivity contribution >= 4 is 0 Å². The molecule has 1 aromatic carbocycles. The van der Waals surface area contributed by atoms with Crippen LogP contribution in [0.2, 0.25) is 0 Å². The number of imidazole rings is 1. The molecule has 2 fully saturated rings. The number of halogens is 2. The van der Waals surface area contributed by atoms with E-state index in [4.69, 9.17) is 19.2 Å². The van der Waals surface area contributed by atoms with Gasteiger partial charge >= 0.3 is 5.92 Å². The fourth-order valence-corrected chi connectivity index (χ4v) is 5.59. The minimum Gasteiger partial charge on any atom is -0.483 e. The predicted octanol–water partition coefficient (Wildman–Crippen LogP) is 5.59. The number of ether oxygens (including phenoxy) is 3. The summed E-state index contributed by atoms with van der Waals surface area (Å²) in [6, 6.07) is 7.49. The van der Waals surface area contributed by atoms with Crippen molar-refractivity contribution in [3.8, 4) is 40.3 Å². The Hall–Kier alpha value is -4.67. The number of fused-ring (bicyclic) bond motifs is 1. The Morgan fingerprint density at radius 1 is 1.14 bits per heavy atom. The predicted molar refractivity (Wildman–Crippen MR) is 153 cm³/mol. The average molecular weight is 586 g/mol. The number of hydrogen-bond acceptors (Lipinski definition) is 7. The number of alkyl halides is 2. The van der Waals surface area contributed by atoms with E-state index in [-0.39, 0.29) is 18.4 Å². The number of nitrogens with zero attached hydrogens (tertiary/aromatic N) is 5. The van der Waals surface area contributed by atoms with Crippen LogP contribution in [0.5, 0.6) is 17.5 Å². The Morgan fingerprint density at radius 2 is 1.95 bits per heavy atom. The second kappa shape index (κ2) is 10.6. The molecule has 2 saturated carbocycles. The van der Waals surface area contributed by atoms with Crippen molar-refractivity contribution in [3.05, 3.63) is 84.2 Å². The van der Waals surface area contributed by atoms with Gasteiger partial charge in [0.05, 0.1) is 31.6 Å². The maximum atomic E-state index is 14.1. The third kappa shape index (κ3) is 5.35. The summed E-state index contributed by atoms with van der Waals surface area (Å²) < 4.78 is 48.0. The highest BCUT2D eigenvalue weighted by molar-refractivity contribution is 5.66. The van der Waals surface area contributed by atoms with Crippen molar-refractivity contribution < 1.29 is 27.6 Å². The summed E-state index contributed by atoms with van der Waals surface area (Å²) in [5, 5.41) is 0. The van der Waals surface area contributed by atoms with Crippen LogP contribution in [0.25, 0.3) is 22.8 Å². The van der Waals surface area contributed by atoms with E-state index in [1.165, 1.54) is 18.1 Å². The van der Waals surface area contributed by atoms with Crippen molar-refractivity contribution in [2.45, 2.75) is 50.2 Å². The zero-order valence-corrected chi connectivity index (χ0v) is 23.9. The Morgan fingerprint density at radius 3 is 2.65 bits per heavy atom. The fraction of sp³-hybridized carbons (Fsp3) is 0.344. The number of H-pyrrole nitrogens is 1. The summed E-state index contributed by atoms with van der Waals surface area (Å²) in [6.45, 7) is 3.45. The second-order valence-electron chi connectivity index (χ2n) is 11.2. The Balaban J connectivity index is 1.15. The lowest BCUT2D eigenvalue weighted by Gasteiger charge is -2.18. The zero-order valence-electron chi connectivity index (χ0n) is 23.9. The van der Waals surface area contributed by atoms with Gasteiger partial charge in [0.2, 0.25) is 11.6 Å². The summed E-state index contributed by atoms with van der Waals surface area (Å²) >= 11 is 0. The minimum absolute atomic E-state index is 0.0533. The molecule has 3 aliphatic rings.